The number of allylic oxidation sites excluding steroid dienone is 1. The quantitative estimate of drug-likeness (QED) is 0.561. The minimum absolute atomic E-state index is 1.18. The molecule has 1 saturated heterocycles. The highest BCUT2D eigenvalue weighted by molar-refractivity contribution is 4.85. The second-order valence-corrected chi connectivity index (χ2v) is 3.27. The predicted molar refractivity (Wildman–Crippen MR) is 49.7 cm³/mol. The van der Waals surface area contributed by atoms with Crippen LogP contribution in [0.2, 0.25) is 0 Å². The van der Waals surface area contributed by atoms with Crippen LogP contribution >= 0.6 is 0 Å². The highest BCUT2D eigenvalue weighted by atomic mass is 15.1. The van der Waals surface area contributed by atoms with E-state index < -0.39 is 0 Å². The van der Waals surface area contributed by atoms with Gasteiger partial charge in [0.1, 0.15) is 0 Å². The van der Waals surface area contributed by atoms with Gasteiger partial charge in [-0.2, -0.15) is 0 Å². The molecule has 0 N–H and O–H groups in total. The van der Waals surface area contributed by atoms with Crippen molar-refractivity contribution in [2.24, 2.45) is 0 Å². The molecule has 1 nitrogen and oxygen atoms in total. The lowest BCUT2D eigenvalue weighted by atomic mass is 10.3. The molecule has 0 radical (unpaired) electrons. The molecule has 11 heavy (non-hydrogen) atoms. The van der Waals surface area contributed by atoms with Gasteiger partial charge in [-0.15, -0.1) is 0 Å². The third-order valence-electron chi connectivity index (χ3n) is 2.18. The van der Waals surface area contributed by atoms with E-state index in [1.807, 2.05) is 0 Å². The topological polar surface area (TPSA) is 3.24 Å². The molecule has 0 aromatic heterocycles. The molecular weight excluding hydrogens is 134 g/mol. The molecule has 1 heteroatoms. The van der Waals surface area contributed by atoms with Gasteiger partial charge in [0.05, 0.1) is 0 Å². The summed E-state index contributed by atoms with van der Waals surface area (Å²) in [5.74, 6) is 0. The number of rotatable bonds is 4. The molecule has 0 atom stereocenters. The number of nitrogens with zero attached hydrogens (tertiary/aromatic N) is 1. The van der Waals surface area contributed by atoms with Crippen LogP contribution in [0.3, 0.4) is 0 Å². The van der Waals surface area contributed by atoms with E-state index in [1.54, 1.807) is 0 Å². The van der Waals surface area contributed by atoms with E-state index in [9.17, 15) is 0 Å². The largest absolute Gasteiger partial charge is 0.300 e. The molecule has 1 rings (SSSR count). The number of likely N-dealkylation sites (tertiary alicyclic amines) is 1. The lowest BCUT2D eigenvalue weighted by Crippen LogP contribution is -2.18. The van der Waals surface area contributed by atoms with Crippen LogP contribution in [0.1, 0.15) is 32.6 Å². The molecule has 0 aromatic rings. The molecule has 0 unspecified atom stereocenters. The fraction of sp³-hybridized carbons (Fsp3) is 0.800. The zero-order chi connectivity index (χ0) is 7.94. The SMILES string of the molecule is CCC/C=C/CN1CCCC1. The monoisotopic (exact) mass is 153 g/mol. The highest BCUT2D eigenvalue weighted by Crippen LogP contribution is 2.06. The van der Waals surface area contributed by atoms with Gasteiger partial charge in [-0.3, -0.25) is 4.90 Å². The summed E-state index contributed by atoms with van der Waals surface area (Å²) < 4.78 is 0. The Morgan fingerprint density at radius 2 is 1.91 bits per heavy atom. The van der Waals surface area contributed by atoms with Crippen molar-refractivity contribution < 1.29 is 0 Å². The van der Waals surface area contributed by atoms with Crippen LogP contribution in [-0.4, -0.2) is 24.5 Å². The minimum atomic E-state index is 1.18. The molecule has 0 amide bonds. The van der Waals surface area contributed by atoms with E-state index in [4.69, 9.17) is 0 Å². The van der Waals surface area contributed by atoms with Crippen LogP contribution in [0.4, 0.5) is 0 Å². The second-order valence-electron chi connectivity index (χ2n) is 3.27. The number of unbranched alkanes of at least 4 members (excludes halogenated alkanes) is 1. The van der Waals surface area contributed by atoms with Crippen molar-refractivity contribution in [3.05, 3.63) is 12.2 Å². The summed E-state index contributed by atoms with van der Waals surface area (Å²) in [5, 5.41) is 0. The van der Waals surface area contributed by atoms with Crippen LogP contribution in [0, 0.1) is 0 Å². The lowest BCUT2D eigenvalue weighted by molar-refractivity contribution is 0.377. The summed E-state index contributed by atoms with van der Waals surface area (Å²) >= 11 is 0. The predicted octanol–water partition coefficient (Wildman–Crippen LogP) is 2.44. The Bertz CT molecular complexity index is 112. The zero-order valence-corrected chi connectivity index (χ0v) is 7.55. The summed E-state index contributed by atoms with van der Waals surface area (Å²) in [4.78, 5) is 2.52. The Hall–Kier alpha value is -0.300. The second kappa shape index (κ2) is 5.36. The first kappa shape index (κ1) is 8.79. The Labute approximate surface area is 70.1 Å². The Balaban J connectivity index is 2.01. The summed E-state index contributed by atoms with van der Waals surface area (Å²) in [6, 6.07) is 0. The molecule has 0 aromatic carbocycles. The van der Waals surface area contributed by atoms with Gasteiger partial charge >= 0.3 is 0 Å². The standard InChI is InChI=1S/C10H19N/c1-2-3-4-5-8-11-9-6-7-10-11/h4-5H,2-3,6-10H2,1H3/b5-4+. The van der Waals surface area contributed by atoms with Crippen molar-refractivity contribution in [2.75, 3.05) is 19.6 Å². The molecular formula is C10H19N. The summed E-state index contributed by atoms with van der Waals surface area (Å²) in [6.07, 6.45) is 9.95. The first-order chi connectivity index (χ1) is 5.43. The molecule has 1 aliphatic rings. The van der Waals surface area contributed by atoms with Crippen LogP contribution in [0.5, 0.6) is 0 Å². The normalized spacial score (nSPS) is 20.1. The van der Waals surface area contributed by atoms with Gasteiger partial charge in [-0.1, -0.05) is 25.5 Å². The third kappa shape index (κ3) is 3.57. The van der Waals surface area contributed by atoms with Gasteiger partial charge in [-0.25, -0.2) is 0 Å². The number of hydrogen-bond donors (Lipinski definition) is 0. The smallest absolute Gasteiger partial charge is 0.0163 e. The minimum Gasteiger partial charge on any atom is -0.300 e. The maximum absolute atomic E-state index is 2.52. The van der Waals surface area contributed by atoms with Crippen LogP contribution < -0.4 is 0 Å². The zero-order valence-electron chi connectivity index (χ0n) is 7.55. The summed E-state index contributed by atoms with van der Waals surface area (Å²) in [5.41, 5.74) is 0. The van der Waals surface area contributed by atoms with Gasteiger partial charge in [0, 0.05) is 6.54 Å². The van der Waals surface area contributed by atoms with Crippen molar-refractivity contribution >= 4 is 0 Å². The highest BCUT2D eigenvalue weighted by Gasteiger charge is 2.08. The first-order valence-corrected chi connectivity index (χ1v) is 4.81. The van der Waals surface area contributed by atoms with Gasteiger partial charge < -0.3 is 0 Å². The maximum Gasteiger partial charge on any atom is 0.0163 e. The van der Waals surface area contributed by atoms with Crippen molar-refractivity contribution in [3.8, 4) is 0 Å². The molecule has 1 fully saturated rings. The molecule has 0 aliphatic carbocycles. The van der Waals surface area contributed by atoms with E-state index in [2.05, 4.69) is 24.0 Å². The van der Waals surface area contributed by atoms with Crippen molar-refractivity contribution in [1.82, 2.24) is 4.90 Å². The Kier molecular flexibility index (Phi) is 4.29. The third-order valence-corrected chi connectivity index (χ3v) is 2.18. The van der Waals surface area contributed by atoms with Crippen molar-refractivity contribution in [1.29, 1.82) is 0 Å². The molecule has 64 valence electrons. The molecule has 1 heterocycles. The lowest BCUT2D eigenvalue weighted by Gasteiger charge is -2.10. The summed E-state index contributed by atoms with van der Waals surface area (Å²) in [7, 11) is 0. The number of hydrogen-bond acceptors (Lipinski definition) is 1. The van der Waals surface area contributed by atoms with Gasteiger partial charge in [0.2, 0.25) is 0 Å². The average Bonchev–Trinajstić information content (AvgIpc) is 2.50. The van der Waals surface area contributed by atoms with E-state index in [-0.39, 0.29) is 0 Å². The molecule has 1 aliphatic heterocycles. The Morgan fingerprint density at radius 1 is 1.18 bits per heavy atom. The van der Waals surface area contributed by atoms with Crippen molar-refractivity contribution in [2.45, 2.75) is 32.6 Å². The fourth-order valence-corrected chi connectivity index (χ4v) is 1.47. The van der Waals surface area contributed by atoms with Gasteiger partial charge in [0.25, 0.3) is 0 Å². The van der Waals surface area contributed by atoms with E-state index in [1.165, 1.54) is 45.3 Å². The Morgan fingerprint density at radius 3 is 2.55 bits per heavy atom. The first-order valence-electron chi connectivity index (χ1n) is 4.81. The van der Waals surface area contributed by atoms with E-state index in [0.29, 0.717) is 0 Å². The maximum atomic E-state index is 2.52. The van der Waals surface area contributed by atoms with Gasteiger partial charge in [0.15, 0.2) is 0 Å². The fourth-order valence-electron chi connectivity index (χ4n) is 1.47. The molecule has 0 saturated carbocycles. The molecule has 0 bridgehead atoms. The molecule has 0 spiro atoms. The van der Waals surface area contributed by atoms with Gasteiger partial charge in [-0.05, 0) is 32.4 Å². The van der Waals surface area contributed by atoms with E-state index >= 15 is 0 Å². The van der Waals surface area contributed by atoms with Crippen LogP contribution in [-0.2, 0) is 0 Å². The van der Waals surface area contributed by atoms with Crippen molar-refractivity contribution in [3.63, 3.8) is 0 Å². The van der Waals surface area contributed by atoms with Crippen LogP contribution in [0.25, 0.3) is 0 Å². The summed E-state index contributed by atoms with van der Waals surface area (Å²) in [6.45, 7) is 6.03. The average molecular weight is 153 g/mol. The van der Waals surface area contributed by atoms with Crippen LogP contribution in [0.15, 0.2) is 12.2 Å². The van der Waals surface area contributed by atoms with E-state index in [0.717, 1.165) is 0 Å².